The summed E-state index contributed by atoms with van der Waals surface area (Å²) in [6, 6.07) is 7.39. The SMILES string of the molecule is CCCNCc1coc(Oc2cccc(OCC)c2)n1. The van der Waals surface area contributed by atoms with E-state index in [0.29, 0.717) is 18.9 Å². The molecule has 2 rings (SSSR count). The van der Waals surface area contributed by atoms with Gasteiger partial charge in [0.2, 0.25) is 0 Å². The Balaban J connectivity index is 1.94. The van der Waals surface area contributed by atoms with Gasteiger partial charge in [-0.25, -0.2) is 0 Å². The van der Waals surface area contributed by atoms with Crippen LogP contribution in [0.15, 0.2) is 34.9 Å². The van der Waals surface area contributed by atoms with Crippen LogP contribution in [0.3, 0.4) is 0 Å². The minimum Gasteiger partial charge on any atom is -0.494 e. The molecule has 2 aromatic rings. The molecule has 0 aliphatic heterocycles. The quantitative estimate of drug-likeness (QED) is 0.749. The third kappa shape index (κ3) is 4.28. The summed E-state index contributed by atoms with van der Waals surface area (Å²) in [5, 5.41) is 3.26. The van der Waals surface area contributed by atoms with Gasteiger partial charge in [0.25, 0.3) is 0 Å². The van der Waals surface area contributed by atoms with E-state index < -0.39 is 0 Å². The van der Waals surface area contributed by atoms with Crippen molar-refractivity contribution in [3.63, 3.8) is 0 Å². The van der Waals surface area contributed by atoms with Gasteiger partial charge in [0.05, 0.1) is 12.3 Å². The van der Waals surface area contributed by atoms with Crippen LogP contribution in [-0.2, 0) is 6.54 Å². The Morgan fingerprint density at radius 3 is 2.90 bits per heavy atom. The summed E-state index contributed by atoms with van der Waals surface area (Å²) in [4.78, 5) is 4.26. The number of benzene rings is 1. The highest BCUT2D eigenvalue weighted by atomic mass is 16.6. The lowest BCUT2D eigenvalue weighted by atomic mass is 10.3. The number of oxazole rings is 1. The number of nitrogens with zero attached hydrogens (tertiary/aromatic N) is 1. The second-order valence-electron chi connectivity index (χ2n) is 4.29. The summed E-state index contributed by atoms with van der Waals surface area (Å²) in [7, 11) is 0. The second-order valence-corrected chi connectivity index (χ2v) is 4.29. The van der Waals surface area contributed by atoms with Crippen molar-refractivity contribution < 1.29 is 13.9 Å². The molecule has 1 aromatic carbocycles. The molecular weight excluding hydrogens is 256 g/mol. The van der Waals surface area contributed by atoms with E-state index in [4.69, 9.17) is 13.9 Å². The smallest absolute Gasteiger partial charge is 0.399 e. The molecule has 20 heavy (non-hydrogen) atoms. The van der Waals surface area contributed by atoms with Crippen LogP contribution in [0.1, 0.15) is 26.0 Å². The molecule has 0 amide bonds. The molecule has 108 valence electrons. The van der Waals surface area contributed by atoms with E-state index >= 15 is 0 Å². The molecule has 0 spiro atoms. The summed E-state index contributed by atoms with van der Waals surface area (Å²) in [5.74, 6) is 1.41. The number of rotatable bonds is 8. The van der Waals surface area contributed by atoms with Crippen LogP contribution < -0.4 is 14.8 Å². The van der Waals surface area contributed by atoms with Crippen LogP contribution in [0.4, 0.5) is 0 Å². The van der Waals surface area contributed by atoms with Crippen molar-refractivity contribution in [3.8, 4) is 17.6 Å². The third-order valence-corrected chi connectivity index (χ3v) is 2.59. The van der Waals surface area contributed by atoms with Crippen molar-refractivity contribution in [3.05, 3.63) is 36.2 Å². The number of nitrogens with one attached hydrogen (secondary N) is 1. The maximum atomic E-state index is 5.57. The lowest BCUT2D eigenvalue weighted by Gasteiger charge is -2.05. The van der Waals surface area contributed by atoms with Crippen LogP contribution in [0.2, 0.25) is 0 Å². The van der Waals surface area contributed by atoms with E-state index in [1.54, 1.807) is 6.26 Å². The lowest BCUT2D eigenvalue weighted by molar-refractivity contribution is 0.321. The summed E-state index contributed by atoms with van der Waals surface area (Å²) in [6.07, 6.45) is 2.93. The van der Waals surface area contributed by atoms with Gasteiger partial charge in [-0.05, 0) is 32.0 Å². The molecule has 0 fully saturated rings. The monoisotopic (exact) mass is 276 g/mol. The second kappa shape index (κ2) is 7.55. The van der Waals surface area contributed by atoms with E-state index in [0.717, 1.165) is 24.4 Å². The summed E-state index contributed by atoms with van der Waals surface area (Å²) < 4.78 is 16.3. The molecule has 0 bridgehead atoms. The van der Waals surface area contributed by atoms with Gasteiger partial charge in [-0.1, -0.05) is 13.0 Å². The zero-order valence-electron chi connectivity index (χ0n) is 11.9. The van der Waals surface area contributed by atoms with Crippen LogP contribution in [0, 0.1) is 0 Å². The van der Waals surface area contributed by atoms with Gasteiger partial charge < -0.3 is 19.2 Å². The molecular formula is C15H20N2O3. The van der Waals surface area contributed by atoms with Gasteiger partial charge in [-0.15, -0.1) is 0 Å². The first-order valence-corrected chi connectivity index (χ1v) is 6.87. The fourth-order valence-corrected chi connectivity index (χ4v) is 1.70. The largest absolute Gasteiger partial charge is 0.494 e. The number of aromatic nitrogens is 1. The molecule has 0 saturated heterocycles. The van der Waals surface area contributed by atoms with Gasteiger partial charge in [0, 0.05) is 12.6 Å². The maximum absolute atomic E-state index is 5.57. The predicted molar refractivity (Wildman–Crippen MR) is 76.2 cm³/mol. The number of ether oxygens (including phenoxy) is 2. The molecule has 5 heteroatoms. The van der Waals surface area contributed by atoms with Crippen LogP contribution >= 0.6 is 0 Å². The standard InChI is InChI=1S/C15H20N2O3/c1-3-8-16-10-12-11-19-15(17-12)20-14-7-5-6-13(9-14)18-4-2/h5-7,9,11,16H,3-4,8,10H2,1-2H3. The Labute approximate surface area is 118 Å². The molecule has 1 N–H and O–H groups in total. The van der Waals surface area contributed by atoms with Gasteiger partial charge in [-0.2, -0.15) is 4.98 Å². The predicted octanol–water partition coefficient (Wildman–Crippen LogP) is 3.37. The molecule has 0 radical (unpaired) electrons. The lowest BCUT2D eigenvalue weighted by Crippen LogP contribution is -2.13. The van der Waals surface area contributed by atoms with Crippen LogP contribution in [0.5, 0.6) is 17.6 Å². The van der Waals surface area contributed by atoms with E-state index in [1.807, 2.05) is 31.2 Å². The Bertz CT molecular complexity index is 525. The molecule has 1 aromatic heterocycles. The fraction of sp³-hybridized carbons (Fsp3) is 0.400. The van der Waals surface area contributed by atoms with Gasteiger partial charge in [0.1, 0.15) is 17.8 Å². The average Bonchev–Trinajstić information content (AvgIpc) is 2.87. The molecule has 0 atom stereocenters. The minimum atomic E-state index is 0.243. The van der Waals surface area contributed by atoms with Crippen molar-refractivity contribution >= 4 is 0 Å². The zero-order valence-corrected chi connectivity index (χ0v) is 11.9. The van der Waals surface area contributed by atoms with E-state index in [-0.39, 0.29) is 6.08 Å². The fourth-order valence-electron chi connectivity index (χ4n) is 1.70. The number of hydrogen-bond donors (Lipinski definition) is 1. The Morgan fingerprint density at radius 1 is 1.25 bits per heavy atom. The van der Waals surface area contributed by atoms with Crippen molar-refractivity contribution in [2.45, 2.75) is 26.8 Å². The van der Waals surface area contributed by atoms with Gasteiger partial charge in [-0.3, -0.25) is 0 Å². The molecule has 1 heterocycles. The molecule has 0 saturated carbocycles. The van der Waals surface area contributed by atoms with Crippen molar-refractivity contribution in [2.24, 2.45) is 0 Å². The highest BCUT2D eigenvalue weighted by Crippen LogP contribution is 2.24. The molecule has 0 aliphatic rings. The highest BCUT2D eigenvalue weighted by Gasteiger charge is 2.06. The molecule has 0 unspecified atom stereocenters. The molecule has 5 nitrogen and oxygen atoms in total. The maximum Gasteiger partial charge on any atom is 0.399 e. The first-order valence-electron chi connectivity index (χ1n) is 6.87. The Kier molecular flexibility index (Phi) is 5.43. The van der Waals surface area contributed by atoms with Crippen LogP contribution in [0.25, 0.3) is 0 Å². The van der Waals surface area contributed by atoms with Crippen molar-refractivity contribution in [1.82, 2.24) is 10.3 Å². The van der Waals surface area contributed by atoms with E-state index in [2.05, 4.69) is 17.2 Å². The first-order chi connectivity index (χ1) is 9.81. The normalized spacial score (nSPS) is 10.5. The zero-order chi connectivity index (χ0) is 14.2. The minimum absolute atomic E-state index is 0.243. The van der Waals surface area contributed by atoms with Gasteiger partial charge >= 0.3 is 6.08 Å². The van der Waals surface area contributed by atoms with Gasteiger partial charge in [0.15, 0.2) is 0 Å². The third-order valence-electron chi connectivity index (χ3n) is 2.59. The van der Waals surface area contributed by atoms with Crippen LogP contribution in [-0.4, -0.2) is 18.1 Å². The summed E-state index contributed by atoms with van der Waals surface area (Å²) in [5.41, 5.74) is 0.828. The summed E-state index contributed by atoms with van der Waals surface area (Å²) in [6.45, 7) is 6.32. The summed E-state index contributed by atoms with van der Waals surface area (Å²) >= 11 is 0. The van der Waals surface area contributed by atoms with E-state index in [1.165, 1.54) is 0 Å². The topological polar surface area (TPSA) is 56.5 Å². The molecule has 0 aliphatic carbocycles. The Hall–Kier alpha value is -2.01. The Morgan fingerprint density at radius 2 is 2.10 bits per heavy atom. The van der Waals surface area contributed by atoms with Crippen molar-refractivity contribution in [1.29, 1.82) is 0 Å². The first kappa shape index (κ1) is 14.4. The van der Waals surface area contributed by atoms with Crippen molar-refractivity contribution in [2.75, 3.05) is 13.2 Å². The highest BCUT2D eigenvalue weighted by molar-refractivity contribution is 5.34. The average molecular weight is 276 g/mol. The van der Waals surface area contributed by atoms with E-state index in [9.17, 15) is 0 Å². The number of hydrogen-bond acceptors (Lipinski definition) is 5.